The standard InChI is InChI=1S/C16H14ClN3O2S2/c1-10-3-4-11-5-6-12(9-13(10)11)19(2)24(21,22)15-14(17)18-16-20(15)7-8-23-16/h5-9H,1,3-4H2,2H3. The van der Waals surface area contributed by atoms with E-state index in [0.717, 1.165) is 24.0 Å². The summed E-state index contributed by atoms with van der Waals surface area (Å²) in [6, 6.07) is 5.66. The van der Waals surface area contributed by atoms with Crippen LogP contribution in [0.25, 0.3) is 10.5 Å². The molecule has 3 aromatic rings. The molecule has 124 valence electrons. The largest absolute Gasteiger partial charge is 0.283 e. The van der Waals surface area contributed by atoms with Gasteiger partial charge in [0.2, 0.25) is 0 Å². The first-order chi connectivity index (χ1) is 11.4. The van der Waals surface area contributed by atoms with E-state index in [-0.39, 0.29) is 10.2 Å². The van der Waals surface area contributed by atoms with Crippen LogP contribution in [-0.4, -0.2) is 24.9 Å². The third kappa shape index (κ3) is 2.19. The molecule has 0 saturated heterocycles. The number of anilines is 1. The van der Waals surface area contributed by atoms with Crippen molar-refractivity contribution < 1.29 is 8.42 Å². The first-order valence-corrected chi connectivity index (χ1v) is 10.0. The molecule has 5 nitrogen and oxygen atoms in total. The van der Waals surface area contributed by atoms with Crippen LogP contribution in [0.3, 0.4) is 0 Å². The number of allylic oxidation sites excluding steroid dienone is 1. The Morgan fingerprint density at radius 2 is 2.17 bits per heavy atom. The molecular weight excluding hydrogens is 366 g/mol. The highest BCUT2D eigenvalue weighted by molar-refractivity contribution is 7.92. The number of aryl methyl sites for hydroxylation is 1. The molecule has 1 aliphatic carbocycles. The van der Waals surface area contributed by atoms with Gasteiger partial charge in [-0.05, 0) is 41.7 Å². The second-order valence-electron chi connectivity index (χ2n) is 5.68. The fourth-order valence-corrected chi connectivity index (χ4v) is 5.56. The molecule has 0 atom stereocenters. The Bertz CT molecular complexity index is 1080. The van der Waals surface area contributed by atoms with Crippen LogP contribution >= 0.6 is 22.9 Å². The smallest absolute Gasteiger partial charge is 0.278 e. The van der Waals surface area contributed by atoms with Crippen LogP contribution in [0.1, 0.15) is 17.5 Å². The Balaban J connectivity index is 1.83. The second-order valence-corrected chi connectivity index (χ2v) is 8.80. The summed E-state index contributed by atoms with van der Waals surface area (Å²) in [4.78, 5) is 4.66. The van der Waals surface area contributed by atoms with Crippen molar-refractivity contribution >= 4 is 49.2 Å². The van der Waals surface area contributed by atoms with Crippen molar-refractivity contribution in [2.24, 2.45) is 0 Å². The molecule has 0 amide bonds. The molecule has 2 heterocycles. The molecule has 8 heteroatoms. The van der Waals surface area contributed by atoms with Gasteiger partial charge in [0.05, 0.1) is 5.69 Å². The van der Waals surface area contributed by atoms with Crippen molar-refractivity contribution in [3.05, 3.63) is 52.6 Å². The summed E-state index contributed by atoms with van der Waals surface area (Å²) in [5.41, 5.74) is 3.87. The maximum absolute atomic E-state index is 13.1. The number of fused-ring (bicyclic) bond motifs is 2. The average molecular weight is 380 g/mol. The molecule has 1 aromatic carbocycles. The van der Waals surface area contributed by atoms with Crippen molar-refractivity contribution in [3.8, 4) is 0 Å². The number of rotatable bonds is 3. The highest BCUT2D eigenvalue weighted by Gasteiger charge is 2.30. The van der Waals surface area contributed by atoms with E-state index in [4.69, 9.17) is 11.6 Å². The average Bonchev–Trinajstić information content (AvgIpc) is 3.21. The van der Waals surface area contributed by atoms with Crippen molar-refractivity contribution in [3.63, 3.8) is 0 Å². The number of benzene rings is 1. The third-order valence-corrected chi connectivity index (χ3v) is 7.26. The molecule has 0 unspecified atom stereocenters. The summed E-state index contributed by atoms with van der Waals surface area (Å²) in [6.07, 6.45) is 3.53. The van der Waals surface area contributed by atoms with Crippen LogP contribution in [0, 0.1) is 0 Å². The molecule has 0 N–H and O–H groups in total. The van der Waals surface area contributed by atoms with Gasteiger partial charge in [-0.15, -0.1) is 11.3 Å². The minimum atomic E-state index is -3.83. The first kappa shape index (κ1) is 15.7. The first-order valence-electron chi connectivity index (χ1n) is 7.30. The molecule has 0 spiro atoms. The summed E-state index contributed by atoms with van der Waals surface area (Å²) in [5.74, 6) is 0. The predicted octanol–water partition coefficient (Wildman–Crippen LogP) is 3.83. The minimum absolute atomic E-state index is 0.0118. The zero-order valence-corrected chi connectivity index (χ0v) is 15.2. The summed E-state index contributed by atoms with van der Waals surface area (Å²) in [6.45, 7) is 4.05. The van der Waals surface area contributed by atoms with Gasteiger partial charge < -0.3 is 0 Å². The van der Waals surface area contributed by atoms with Crippen molar-refractivity contribution in [1.29, 1.82) is 0 Å². The number of hydrogen-bond donors (Lipinski definition) is 0. The van der Waals surface area contributed by atoms with Crippen molar-refractivity contribution in [2.45, 2.75) is 17.9 Å². The SMILES string of the molecule is C=C1CCc2ccc(N(C)S(=O)(=O)c3c(Cl)nc4sccn34)cc21. The lowest BCUT2D eigenvalue weighted by atomic mass is 10.1. The van der Waals surface area contributed by atoms with Gasteiger partial charge in [-0.2, -0.15) is 8.42 Å². The molecule has 0 radical (unpaired) electrons. The summed E-state index contributed by atoms with van der Waals surface area (Å²) < 4.78 is 28.9. The van der Waals surface area contributed by atoms with E-state index in [0.29, 0.717) is 10.6 Å². The van der Waals surface area contributed by atoms with Crippen LogP contribution < -0.4 is 4.31 Å². The molecule has 0 bridgehead atoms. The highest BCUT2D eigenvalue weighted by Crippen LogP contribution is 2.35. The lowest BCUT2D eigenvalue weighted by Gasteiger charge is -2.20. The Morgan fingerprint density at radius 3 is 2.96 bits per heavy atom. The molecule has 2 aromatic heterocycles. The quantitative estimate of drug-likeness (QED) is 0.694. The Labute approximate surface area is 148 Å². The van der Waals surface area contributed by atoms with E-state index >= 15 is 0 Å². The van der Waals surface area contributed by atoms with E-state index in [1.165, 1.54) is 32.7 Å². The topological polar surface area (TPSA) is 54.7 Å². The van der Waals surface area contributed by atoms with Gasteiger partial charge in [0.1, 0.15) is 0 Å². The zero-order chi connectivity index (χ0) is 17.1. The van der Waals surface area contributed by atoms with Crippen molar-refractivity contribution in [1.82, 2.24) is 9.38 Å². The van der Waals surface area contributed by atoms with Crippen LogP contribution in [0.5, 0.6) is 0 Å². The summed E-state index contributed by atoms with van der Waals surface area (Å²) in [5, 5.41) is 1.75. The second kappa shape index (κ2) is 5.34. The van der Waals surface area contributed by atoms with Gasteiger partial charge in [-0.3, -0.25) is 8.71 Å². The molecule has 0 aliphatic heterocycles. The van der Waals surface area contributed by atoms with E-state index in [1.807, 2.05) is 18.2 Å². The number of thiazole rings is 1. The predicted molar refractivity (Wildman–Crippen MR) is 97.5 cm³/mol. The lowest BCUT2D eigenvalue weighted by molar-refractivity contribution is 0.590. The number of aromatic nitrogens is 2. The Hall–Kier alpha value is -1.83. The number of hydrogen-bond acceptors (Lipinski definition) is 4. The van der Waals surface area contributed by atoms with Crippen LogP contribution in [0.4, 0.5) is 5.69 Å². The van der Waals surface area contributed by atoms with E-state index < -0.39 is 10.0 Å². The zero-order valence-electron chi connectivity index (χ0n) is 12.9. The third-order valence-electron chi connectivity index (χ3n) is 4.32. The molecule has 0 fully saturated rings. The van der Waals surface area contributed by atoms with Crippen molar-refractivity contribution in [2.75, 3.05) is 11.4 Å². The van der Waals surface area contributed by atoms with E-state index in [1.54, 1.807) is 11.6 Å². The number of sulfonamides is 1. The normalized spacial score (nSPS) is 14.3. The lowest BCUT2D eigenvalue weighted by Crippen LogP contribution is -2.27. The van der Waals surface area contributed by atoms with E-state index in [2.05, 4.69) is 11.6 Å². The molecular formula is C16H14ClN3O2S2. The fraction of sp³-hybridized carbons (Fsp3) is 0.188. The minimum Gasteiger partial charge on any atom is -0.278 e. The fourth-order valence-electron chi connectivity index (χ4n) is 2.97. The maximum Gasteiger partial charge on any atom is 0.283 e. The highest BCUT2D eigenvalue weighted by atomic mass is 35.5. The Kier molecular flexibility index (Phi) is 3.49. The molecule has 1 aliphatic rings. The summed E-state index contributed by atoms with van der Waals surface area (Å²) in [7, 11) is -2.31. The monoisotopic (exact) mass is 379 g/mol. The molecule has 0 saturated carbocycles. The van der Waals surface area contributed by atoms with Crippen LogP contribution in [0.15, 0.2) is 41.4 Å². The summed E-state index contributed by atoms with van der Waals surface area (Å²) >= 11 is 7.43. The van der Waals surface area contributed by atoms with Crippen LogP contribution in [-0.2, 0) is 16.4 Å². The number of imidazole rings is 1. The van der Waals surface area contributed by atoms with Gasteiger partial charge in [0, 0.05) is 18.6 Å². The van der Waals surface area contributed by atoms with Gasteiger partial charge in [-0.25, -0.2) is 4.98 Å². The number of nitrogens with zero attached hydrogens (tertiary/aromatic N) is 3. The van der Waals surface area contributed by atoms with Gasteiger partial charge in [0.25, 0.3) is 10.0 Å². The van der Waals surface area contributed by atoms with E-state index in [9.17, 15) is 8.42 Å². The Morgan fingerprint density at radius 1 is 1.38 bits per heavy atom. The van der Waals surface area contributed by atoms with Gasteiger partial charge in [-0.1, -0.05) is 24.2 Å². The van der Waals surface area contributed by atoms with Gasteiger partial charge in [0.15, 0.2) is 15.1 Å². The molecule has 24 heavy (non-hydrogen) atoms. The number of halogens is 1. The maximum atomic E-state index is 13.1. The van der Waals surface area contributed by atoms with Crippen LogP contribution in [0.2, 0.25) is 5.15 Å². The molecule has 4 rings (SSSR count). The van der Waals surface area contributed by atoms with Gasteiger partial charge >= 0.3 is 0 Å².